The minimum atomic E-state index is 0.107. The lowest BCUT2D eigenvalue weighted by atomic mass is 10.0. The fourth-order valence-electron chi connectivity index (χ4n) is 1.96. The Kier molecular flexibility index (Phi) is 4.96. The van der Waals surface area contributed by atoms with Gasteiger partial charge in [0.25, 0.3) is 0 Å². The second-order valence-electron chi connectivity index (χ2n) is 4.61. The summed E-state index contributed by atoms with van der Waals surface area (Å²) in [5.41, 5.74) is 8.15. The van der Waals surface area contributed by atoms with E-state index in [9.17, 15) is 0 Å². The van der Waals surface area contributed by atoms with E-state index in [4.69, 9.17) is 10.5 Å². The summed E-state index contributed by atoms with van der Waals surface area (Å²) >= 11 is 5.12. The molecule has 0 saturated carbocycles. The molecule has 1 unspecified atom stereocenters. The third kappa shape index (κ3) is 4.03. The topological polar surface area (TPSA) is 48.1 Å². The molecule has 0 fully saturated rings. The van der Waals surface area contributed by atoms with Crippen LogP contribution in [0, 0.1) is 6.92 Å². The van der Waals surface area contributed by atoms with Crippen LogP contribution in [0.25, 0.3) is 0 Å². The van der Waals surface area contributed by atoms with Gasteiger partial charge >= 0.3 is 0 Å². The van der Waals surface area contributed by atoms with Gasteiger partial charge in [0.1, 0.15) is 17.4 Å². The van der Waals surface area contributed by atoms with Crippen LogP contribution < -0.4 is 10.5 Å². The van der Waals surface area contributed by atoms with E-state index in [1.807, 2.05) is 19.2 Å². The third-order valence-electron chi connectivity index (χ3n) is 2.68. The van der Waals surface area contributed by atoms with Crippen molar-refractivity contribution in [3.8, 4) is 5.75 Å². The molecule has 0 spiro atoms. The quantitative estimate of drug-likeness (QED) is 0.902. The van der Waals surface area contributed by atoms with Crippen molar-refractivity contribution >= 4 is 27.3 Å². The molecule has 5 heteroatoms. The van der Waals surface area contributed by atoms with Gasteiger partial charge in [-0.2, -0.15) is 0 Å². The number of hydrogen-bond donors (Lipinski definition) is 1. The fraction of sp³-hybridized carbons (Fsp3) is 0.357. The van der Waals surface area contributed by atoms with Crippen LogP contribution in [0.1, 0.15) is 23.1 Å². The second kappa shape index (κ2) is 6.50. The fourth-order valence-corrected chi connectivity index (χ4v) is 3.11. The Morgan fingerprint density at radius 2 is 2.26 bits per heavy atom. The van der Waals surface area contributed by atoms with Crippen LogP contribution in [0.15, 0.2) is 28.2 Å². The molecule has 2 rings (SSSR count). The first kappa shape index (κ1) is 14.5. The van der Waals surface area contributed by atoms with Crippen LogP contribution in [0.4, 0.5) is 0 Å². The first-order valence-electron chi connectivity index (χ1n) is 6.12. The van der Waals surface area contributed by atoms with Gasteiger partial charge in [0, 0.05) is 22.1 Å². The van der Waals surface area contributed by atoms with E-state index < -0.39 is 0 Å². The lowest BCUT2D eigenvalue weighted by Gasteiger charge is -2.15. The molecule has 1 aromatic carbocycles. The Bertz CT molecular complexity index is 541. The zero-order valence-corrected chi connectivity index (χ0v) is 13.4. The Labute approximate surface area is 125 Å². The van der Waals surface area contributed by atoms with Crippen LogP contribution in [-0.4, -0.2) is 11.0 Å². The number of aromatic nitrogens is 1. The molecule has 0 saturated heterocycles. The Hall–Kier alpha value is -0.910. The minimum Gasteiger partial charge on any atom is -0.486 e. The Morgan fingerprint density at radius 1 is 1.47 bits per heavy atom. The SMILES string of the molecule is Cc1cc(Br)cc(CC(C)N)c1OCc1nccs1. The molecular weight excluding hydrogens is 324 g/mol. The van der Waals surface area contributed by atoms with Crippen molar-refractivity contribution in [3.63, 3.8) is 0 Å². The lowest BCUT2D eigenvalue weighted by molar-refractivity contribution is 0.299. The van der Waals surface area contributed by atoms with E-state index in [0.29, 0.717) is 6.61 Å². The van der Waals surface area contributed by atoms with Gasteiger partial charge in [0.2, 0.25) is 0 Å². The van der Waals surface area contributed by atoms with Crippen LogP contribution in [0.5, 0.6) is 5.75 Å². The van der Waals surface area contributed by atoms with Gasteiger partial charge in [-0.15, -0.1) is 11.3 Å². The molecule has 2 N–H and O–H groups in total. The number of nitrogens with zero attached hydrogens (tertiary/aromatic N) is 1. The van der Waals surface area contributed by atoms with Crippen LogP contribution in [-0.2, 0) is 13.0 Å². The maximum absolute atomic E-state index is 5.94. The van der Waals surface area contributed by atoms with Gasteiger partial charge in [-0.1, -0.05) is 15.9 Å². The van der Waals surface area contributed by atoms with Crippen molar-refractivity contribution < 1.29 is 4.74 Å². The summed E-state index contributed by atoms with van der Waals surface area (Å²) in [4.78, 5) is 4.23. The largest absolute Gasteiger partial charge is 0.486 e. The van der Waals surface area contributed by atoms with Crippen molar-refractivity contribution in [2.45, 2.75) is 32.9 Å². The predicted molar refractivity (Wildman–Crippen MR) is 82.7 cm³/mol. The van der Waals surface area contributed by atoms with E-state index in [1.54, 1.807) is 17.5 Å². The number of ether oxygens (including phenoxy) is 1. The number of rotatable bonds is 5. The molecule has 102 valence electrons. The van der Waals surface area contributed by atoms with E-state index in [2.05, 4.69) is 33.0 Å². The van der Waals surface area contributed by atoms with Crippen molar-refractivity contribution in [2.24, 2.45) is 5.73 Å². The summed E-state index contributed by atoms with van der Waals surface area (Å²) in [5, 5.41) is 2.93. The van der Waals surface area contributed by atoms with Crippen molar-refractivity contribution in [3.05, 3.63) is 44.3 Å². The number of nitrogens with two attached hydrogens (primary N) is 1. The highest BCUT2D eigenvalue weighted by Gasteiger charge is 2.11. The average Bonchev–Trinajstić information content (AvgIpc) is 2.79. The van der Waals surface area contributed by atoms with E-state index >= 15 is 0 Å². The maximum Gasteiger partial charge on any atom is 0.140 e. The Balaban J connectivity index is 2.21. The smallest absolute Gasteiger partial charge is 0.140 e. The molecule has 0 radical (unpaired) electrons. The average molecular weight is 341 g/mol. The zero-order valence-electron chi connectivity index (χ0n) is 11.0. The number of benzene rings is 1. The first-order valence-corrected chi connectivity index (χ1v) is 7.79. The van der Waals surface area contributed by atoms with Gasteiger partial charge in [-0.25, -0.2) is 4.98 Å². The number of hydrogen-bond acceptors (Lipinski definition) is 4. The molecule has 1 heterocycles. The summed E-state index contributed by atoms with van der Waals surface area (Å²) in [6.07, 6.45) is 2.59. The highest BCUT2D eigenvalue weighted by atomic mass is 79.9. The minimum absolute atomic E-state index is 0.107. The molecule has 19 heavy (non-hydrogen) atoms. The van der Waals surface area contributed by atoms with Crippen LogP contribution in [0.3, 0.4) is 0 Å². The van der Waals surface area contributed by atoms with Crippen LogP contribution in [0.2, 0.25) is 0 Å². The number of aryl methyl sites for hydroxylation is 1. The van der Waals surface area contributed by atoms with E-state index in [1.165, 1.54) is 0 Å². The van der Waals surface area contributed by atoms with Gasteiger partial charge in [-0.05, 0) is 43.5 Å². The summed E-state index contributed by atoms with van der Waals surface area (Å²) in [6, 6.07) is 4.24. The lowest BCUT2D eigenvalue weighted by Crippen LogP contribution is -2.18. The highest BCUT2D eigenvalue weighted by molar-refractivity contribution is 9.10. The molecular formula is C14H17BrN2OS. The monoisotopic (exact) mass is 340 g/mol. The summed E-state index contributed by atoms with van der Waals surface area (Å²) < 4.78 is 7.00. The van der Waals surface area contributed by atoms with Gasteiger partial charge in [0.05, 0.1) is 0 Å². The standard InChI is InChI=1S/C14H17BrN2OS/c1-9-5-12(15)7-11(6-10(2)16)14(9)18-8-13-17-3-4-19-13/h3-5,7,10H,6,8,16H2,1-2H3. The summed E-state index contributed by atoms with van der Waals surface area (Å²) in [7, 11) is 0. The molecule has 0 aliphatic rings. The Morgan fingerprint density at radius 3 is 2.89 bits per heavy atom. The van der Waals surface area contributed by atoms with Gasteiger partial charge in [-0.3, -0.25) is 0 Å². The zero-order chi connectivity index (χ0) is 13.8. The van der Waals surface area contributed by atoms with Gasteiger partial charge < -0.3 is 10.5 Å². The normalized spacial score (nSPS) is 12.4. The molecule has 0 bridgehead atoms. The number of thiazole rings is 1. The van der Waals surface area contributed by atoms with E-state index in [-0.39, 0.29) is 6.04 Å². The summed E-state index contributed by atoms with van der Waals surface area (Å²) in [5.74, 6) is 0.927. The predicted octanol–water partition coefficient (Wildman–Crippen LogP) is 3.68. The molecule has 1 aromatic heterocycles. The molecule has 0 aliphatic heterocycles. The summed E-state index contributed by atoms with van der Waals surface area (Å²) in [6.45, 7) is 4.56. The first-order chi connectivity index (χ1) is 9.06. The van der Waals surface area contributed by atoms with Crippen LogP contribution >= 0.6 is 27.3 Å². The maximum atomic E-state index is 5.94. The molecule has 0 aliphatic carbocycles. The van der Waals surface area contributed by atoms with Crippen molar-refractivity contribution in [1.29, 1.82) is 0 Å². The van der Waals surface area contributed by atoms with Crippen molar-refractivity contribution in [1.82, 2.24) is 4.98 Å². The molecule has 0 amide bonds. The molecule has 3 nitrogen and oxygen atoms in total. The van der Waals surface area contributed by atoms with E-state index in [0.717, 1.165) is 32.8 Å². The molecule has 2 aromatic rings. The van der Waals surface area contributed by atoms with Crippen molar-refractivity contribution in [2.75, 3.05) is 0 Å². The third-order valence-corrected chi connectivity index (χ3v) is 3.89. The molecule has 1 atom stereocenters. The highest BCUT2D eigenvalue weighted by Crippen LogP contribution is 2.29. The number of halogens is 1. The van der Waals surface area contributed by atoms with Gasteiger partial charge in [0.15, 0.2) is 0 Å². The second-order valence-corrected chi connectivity index (χ2v) is 6.50.